The van der Waals surface area contributed by atoms with E-state index in [9.17, 15) is 25.0 Å². The average Bonchev–Trinajstić information content (AvgIpc) is 3.32. The fraction of sp³-hybridized carbons (Fsp3) is 0.240. The van der Waals surface area contributed by atoms with E-state index in [-0.39, 0.29) is 23.3 Å². The Bertz CT molecular complexity index is 1400. The maximum atomic E-state index is 13.2. The number of anilines is 1. The molecular formula is C25H21BrN4O6. The summed E-state index contributed by atoms with van der Waals surface area (Å²) >= 11 is 3.49. The Kier molecular flexibility index (Phi) is 5.97. The van der Waals surface area contributed by atoms with Crippen molar-refractivity contribution >= 4 is 33.2 Å². The van der Waals surface area contributed by atoms with Gasteiger partial charge >= 0.3 is 0 Å². The van der Waals surface area contributed by atoms with Crippen LogP contribution in [0.15, 0.2) is 71.2 Å². The Morgan fingerprint density at radius 3 is 2.56 bits per heavy atom. The third-order valence-corrected chi connectivity index (χ3v) is 7.44. The van der Waals surface area contributed by atoms with Gasteiger partial charge in [-0.05, 0) is 52.2 Å². The summed E-state index contributed by atoms with van der Waals surface area (Å²) in [5.41, 5.74) is 0.956. The normalized spacial score (nSPS) is 24.4. The fourth-order valence-corrected chi connectivity index (χ4v) is 5.83. The monoisotopic (exact) mass is 552 g/mol. The maximum Gasteiger partial charge on any atom is 0.269 e. The Morgan fingerprint density at radius 1 is 1.06 bits per heavy atom. The van der Waals surface area contributed by atoms with E-state index >= 15 is 0 Å². The molecule has 1 amide bonds. The molecule has 0 aromatic heterocycles. The average molecular weight is 553 g/mol. The van der Waals surface area contributed by atoms with Gasteiger partial charge in [-0.3, -0.25) is 30.3 Å². The van der Waals surface area contributed by atoms with Gasteiger partial charge in [-0.15, -0.1) is 0 Å². The Labute approximate surface area is 214 Å². The van der Waals surface area contributed by atoms with Crippen molar-refractivity contribution in [1.29, 1.82) is 0 Å². The molecule has 1 spiro atoms. The summed E-state index contributed by atoms with van der Waals surface area (Å²) in [6, 6.07) is 16.8. The van der Waals surface area contributed by atoms with Crippen LogP contribution in [0.2, 0.25) is 0 Å². The van der Waals surface area contributed by atoms with Gasteiger partial charge in [0.05, 0.1) is 15.3 Å². The summed E-state index contributed by atoms with van der Waals surface area (Å²) in [6.07, 6.45) is 0. The highest BCUT2D eigenvalue weighted by Gasteiger charge is 2.67. The quantitative estimate of drug-likeness (QED) is 0.339. The van der Waals surface area contributed by atoms with Crippen molar-refractivity contribution in [2.75, 3.05) is 5.32 Å². The van der Waals surface area contributed by atoms with Crippen molar-refractivity contribution < 1.29 is 19.4 Å². The summed E-state index contributed by atoms with van der Waals surface area (Å²) in [5, 5.41) is 29.5. The molecular weight excluding hydrogens is 532 g/mol. The first-order valence-electron chi connectivity index (χ1n) is 11.2. The molecule has 2 N–H and O–H groups in total. The van der Waals surface area contributed by atoms with Crippen LogP contribution in [0.4, 0.5) is 11.4 Å². The lowest BCUT2D eigenvalue weighted by molar-refractivity contribution is -0.532. The number of nitro benzene ring substituents is 1. The van der Waals surface area contributed by atoms with Crippen LogP contribution in [-0.4, -0.2) is 27.8 Å². The Morgan fingerprint density at radius 2 is 1.83 bits per heavy atom. The number of halogens is 1. The van der Waals surface area contributed by atoms with Crippen molar-refractivity contribution in [2.45, 2.75) is 37.1 Å². The van der Waals surface area contributed by atoms with Crippen molar-refractivity contribution in [1.82, 2.24) is 5.32 Å². The van der Waals surface area contributed by atoms with Crippen LogP contribution in [0.25, 0.3) is 0 Å². The molecule has 4 atom stereocenters. The van der Waals surface area contributed by atoms with Crippen molar-refractivity contribution in [3.63, 3.8) is 0 Å². The van der Waals surface area contributed by atoms with E-state index in [1.807, 2.05) is 6.92 Å². The minimum atomic E-state index is -1.48. The van der Waals surface area contributed by atoms with Crippen LogP contribution in [-0.2, 0) is 16.9 Å². The number of carbonyl (C=O) groups is 1. The molecule has 0 radical (unpaired) electrons. The van der Waals surface area contributed by atoms with Gasteiger partial charge in [0.25, 0.3) is 17.6 Å². The highest BCUT2D eigenvalue weighted by atomic mass is 79.9. The van der Waals surface area contributed by atoms with E-state index in [1.165, 1.54) is 12.1 Å². The van der Waals surface area contributed by atoms with Crippen molar-refractivity contribution in [3.8, 4) is 5.75 Å². The van der Waals surface area contributed by atoms with Crippen LogP contribution in [0.1, 0.15) is 29.5 Å². The molecule has 5 rings (SSSR count). The van der Waals surface area contributed by atoms with Gasteiger partial charge in [-0.2, -0.15) is 0 Å². The van der Waals surface area contributed by atoms with E-state index < -0.39 is 28.3 Å². The second kappa shape index (κ2) is 8.99. The molecule has 10 nitrogen and oxygen atoms in total. The van der Waals surface area contributed by atoms with E-state index in [2.05, 4.69) is 26.6 Å². The lowest BCUT2D eigenvalue weighted by Gasteiger charge is -2.25. The molecule has 0 aliphatic carbocycles. The standard InChI is InChI=1S/C25H21BrN4O6/c1-14-22(23(30(34)35)25(28-14)18-7-2-3-8-20(18)27-24(25)31)16-9-10-21(19(26)12-16)36-13-15-5-4-6-17(11-15)29(32)33/h2-12,14,22-23,28H,13H2,1H3,(H,27,31)/t14-,22+,23-,25-/m0/s1. The molecule has 2 heterocycles. The van der Waals surface area contributed by atoms with Gasteiger partial charge in [-0.25, -0.2) is 0 Å². The molecule has 3 aromatic rings. The highest BCUT2D eigenvalue weighted by molar-refractivity contribution is 9.10. The van der Waals surface area contributed by atoms with Gasteiger partial charge in [0, 0.05) is 34.3 Å². The minimum absolute atomic E-state index is 0.0227. The van der Waals surface area contributed by atoms with Gasteiger partial charge in [0.1, 0.15) is 12.4 Å². The molecule has 1 fully saturated rings. The van der Waals surface area contributed by atoms with Crippen LogP contribution in [0, 0.1) is 20.2 Å². The Hall–Kier alpha value is -3.83. The lowest BCUT2D eigenvalue weighted by atomic mass is 9.78. The van der Waals surface area contributed by atoms with E-state index in [4.69, 9.17) is 4.74 Å². The van der Waals surface area contributed by atoms with Crippen LogP contribution in [0.5, 0.6) is 5.75 Å². The number of hydrogen-bond acceptors (Lipinski definition) is 7. The molecule has 1 saturated heterocycles. The number of ether oxygens (including phenoxy) is 1. The first-order chi connectivity index (χ1) is 17.2. The minimum Gasteiger partial charge on any atom is -0.488 e. The zero-order valence-corrected chi connectivity index (χ0v) is 20.6. The van der Waals surface area contributed by atoms with Crippen molar-refractivity contribution in [3.05, 3.63) is 108 Å². The number of benzene rings is 3. The molecule has 36 heavy (non-hydrogen) atoms. The summed E-state index contributed by atoms with van der Waals surface area (Å²) < 4.78 is 6.43. The fourth-order valence-electron chi connectivity index (χ4n) is 5.32. The SMILES string of the molecule is C[C@@H]1N[C@]2(C(=O)Nc3ccccc32)[C@@H]([N+](=O)[O-])[C@H]1c1ccc(OCc2cccc([N+](=O)[O-])c2)c(Br)c1. The molecule has 0 bridgehead atoms. The first kappa shape index (κ1) is 23.9. The molecule has 184 valence electrons. The highest BCUT2D eigenvalue weighted by Crippen LogP contribution is 2.50. The number of nitrogens with one attached hydrogen (secondary N) is 2. The van der Waals surface area contributed by atoms with E-state index in [0.717, 1.165) is 0 Å². The summed E-state index contributed by atoms with van der Waals surface area (Å²) in [4.78, 5) is 35.8. The number of nitrogens with zero attached hydrogens (tertiary/aromatic N) is 2. The molecule has 2 aliphatic rings. The molecule has 0 saturated carbocycles. The summed E-state index contributed by atoms with van der Waals surface area (Å²) in [5.74, 6) is -0.546. The number of amides is 1. The number of rotatable bonds is 6. The summed E-state index contributed by atoms with van der Waals surface area (Å²) in [6.45, 7) is 1.95. The topological polar surface area (TPSA) is 137 Å². The molecule has 2 aliphatic heterocycles. The number of non-ortho nitro benzene ring substituents is 1. The third-order valence-electron chi connectivity index (χ3n) is 6.82. The second-order valence-corrected chi connectivity index (χ2v) is 9.76. The third kappa shape index (κ3) is 3.80. The lowest BCUT2D eigenvalue weighted by Crippen LogP contribution is -2.54. The number of fused-ring (bicyclic) bond motifs is 2. The largest absolute Gasteiger partial charge is 0.488 e. The smallest absolute Gasteiger partial charge is 0.269 e. The van der Waals surface area contributed by atoms with Gasteiger partial charge in [-0.1, -0.05) is 36.4 Å². The zero-order valence-electron chi connectivity index (χ0n) is 19.0. The second-order valence-electron chi connectivity index (χ2n) is 8.90. The van der Waals surface area contributed by atoms with Crippen LogP contribution >= 0.6 is 15.9 Å². The predicted molar refractivity (Wildman–Crippen MR) is 134 cm³/mol. The number of para-hydroxylation sites is 1. The number of carbonyl (C=O) groups excluding carboxylic acids is 1. The summed E-state index contributed by atoms with van der Waals surface area (Å²) in [7, 11) is 0. The van der Waals surface area contributed by atoms with Crippen LogP contribution in [0.3, 0.4) is 0 Å². The first-order valence-corrected chi connectivity index (χ1v) is 12.0. The zero-order chi connectivity index (χ0) is 25.6. The molecule has 0 unspecified atom stereocenters. The van der Waals surface area contributed by atoms with Crippen molar-refractivity contribution in [2.24, 2.45) is 0 Å². The van der Waals surface area contributed by atoms with E-state index in [0.29, 0.717) is 32.6 Å². The predicted octanol–water partition coefficient (Wildman–Crippen LogP) is 4.50. The van der Waals surface area contributed by atoms with Crippen LogP contribution < -0.4 is 15.4 Å². The number of nitro groups is 2. The molecule has 3 aromatic carbocycles. The van der Waals surface area contributed by atoms with Gasteiger partial charge < -0.3 is 10.1 Å². The van der Waals surface area contributed by atoms with Gasteiger partial charge in [0.2, 0.25) is 0 Å². The maximum absolute atomic E-state index is 13.2. The van der Waals surface area contributed by atoms with E-state index in [1.54, 1.807) is 54.6 Å². The Balaban J connectivity index is 1.44. The molecule has 11 heteroatoms. The van der Waals surface area contributed by atoms with Gasteiger partial charge in [0.15, 0.2) is 5.54 Å². The number of hydrogen-bond donors (Lipinski definition) is 2.